The monoisotopic (exact) mass is 261 g/mol. The Kier molecular flexibility index (Phi) is 4.80. The largest absolute Gasteiger partial charge is 0.522 e. The standard InChI is InChI=1S/C11H10F3NO3/c1-16-9-4-8(7-15)5-10(6-9)17-2-3-18-11(12,13)14/h4-6H,2-3H2,1H3. The molecule has 18 heavy (non-hydrogen) atoms. The third kappa shape index (κ3) is 4.93. The Balaban J connectivity index is 2.54. The highest BCUT2D eigenvalue weighted by atomic mass is 19.4. The van der Waals surface area contributed by atoms with E-state index in [9.17, 15) is 13.2 Å². The third-order valence-corrected chi connectivity index (χ3v) is 1.86. The van der Waals surface area contributed by atoms with Crippen LogP contribution in [0.5, 0.6) is 11.5 Å². The third-order valence-electron chi connectivity index (χ3n) is 1.86. The van der Waals surface area contributed by atoms with E-state index in [-0.39, 0.29) is 12.4 Å². The van der Waals surface area contributed by atoms with Gasteiger partial charge in [-0.1, -0.05) is 0 Å². The summed E-state index contributed by atoms with van der Waals surface area (Å²) in [6.07, 6.45) is -4.67. The van der Waals surface area contributed by atoms with Gasteiger partial charge in [-0.05, 0) is 12.1 Å². The molecule has 1 aromatic rings. The van der Waals surface area contributed by atoms with Gasteiger partial charge in [0.1, 0.15) is 18.1 Å². The molecule has 98 valence electrons. The second-order valence-corrected chi connectivity index (χ2v) is 3.15. The molecule has 0 aliphatic rings. The molecule has 0 aliphatic heterocycles. The van der Waals surface area contributed by atoms with Crippen molar-refractivity contribution in [1.82, 2.24) is 0 Å². The fourth-order valence-electron chi connectivity index (χ4n) is 1.15. The van der Waals surface area contributed by atoms with Crippen LogP contribution in [-0.2, 0) is 4.74 Å². The molecule has 0 N–H and O–H groups in total. The fourth-order valence-corrected chi connectivity index (χ4v) is 1.15. The summed E-state index contributed by atoms with van der Waals surface area (Å²) >= 11 is 0. The molecule has 0 saturated heterocycles. The number of halogens is 3. The van der Waals surface area contributed by atoms with Crippen molar-refractivity contribution < 1.29 is 27.4 Å². The Morgan fingerprint density at radius 2 is 1.83 bits per heavy atom. The predicted molar refractivity (Wildman–Crippen MR) is 55.2 cm³/mol. The van der Waals surface area contributed by atoms with Gasteiger partial charge in [0, 0.05) is 6.07 Å². The van der Waals surface area contributed by atoms with Crippen molar-refractivity contribution in [3.05, 3.63) is 23.8 Å². The maximum absolute atomic E-state index is 11.7. The first-order chi connectivity index (χ1) is 8.44. The zero-order valence-electron chi connectivity index (χ0n) is 9.45. The molecule has 1 aromatic carbocycles. The highest BCUT2D eigenvalue weighted by Crippen LogP contribution is 2.22. The summed E-state index contributed by atoms with van der Waals surface area (Å²) in [6.45, 7) is -0.903. The molecule has 0 aromatic heterocycles. The van der Waals surface area contributed by atoms with Gasteiger partial charge in [-0.25, -0.2) is 0 Å². The number of rotatable bonds is 5. The second-order valence-electron chi connectivity index (χ2n) is 3.15. The number of nitrogens with zero attached hydrogens (tertiary/aromatic N) is 1. The van der Waals surface area contributed by atoms with E-state index < -0.39 is 13.0 Å². The number of nitriles is 1. The molecule has 0 heterocycles. The molecule has 1 rings (SSSR count). The minimum atomic E-state index is -4.67. The van der Waals surface area contributed by atoms with Crippen LogP contribution < -0.4 is 9.47 Å². The number of ether oxygens (including phenoxy) is 3. The highest BCUT2D eigenvalue weighted by molar-refractivity contribution is 5.43. The number of hydrogen-bond donors (Lipinski definition) is 0. The van der Waals surface area contributed by atoms with Crippen molar-refractivity contribution in [2.45, 2.75) is 6.36 Å². The minimum absolute atomic E-state index is 0.247. The Hall–Kier alpha value is -1.94. The first kappa shape index (κ1) is 14.1. The van der Waals surface area contributed by atoms with E-state index in [1.807, 2.05) is 6.07 Å². The zero-order valence-corrected chi connectivity index (χ0v) is 9.45. The van der Waals surface area contributed by atoms with Gasteiger partial charge in [0.05, 0.1) is 25.3 Å². The van der Waals surface area contributed by atoms with Crippen LogP contribution in [0.3, 0.4) is 0 Å². The van der Waals surface area contributed by atoms with E-state index >= 15 is 0 Å². The van der Waals surface area contributed by atoms with Crippen molar-refractivity contribution >= 4 is 0 Å². The molecule has 0 atom stereocenters. The van der Waals surface area contributed by atoms with E-state index in [2.05, 4.69) is 4.74 Å². The van der Waals surface area contributed by atoms with E-state index in [4.69, 9.17) is 14.7 Å². The summed E-state index contributed by atoms with van der Waals surface area (Å²) in [7, 11) is 1.41. The molecular weight excluding hydrogens is 251 g/mol. The number of benzene rings is 1. The van der Waals surface area contributed by atoms with Crippen molar-refractivity contribution in [2.75, 3.05) is 20.3 Å². The zero-order chi connectivity index (χ0) is 13.6. The molecular formula is C11H10F3NO3. The molecule has 0 aliphatic carbocycles. The van der Waals surface area contributed by atoms with Crippen LogP contribution in [0.4, 0.5) is 13.2 Å². The molecule has 0 fully saturated rings. The molecule has 0 radical (unpaired) electrons. The molecule has 0 amide bonds. The van der Waals surface area contributed by atoms with Gasteiger partial charge < -0.3 is 9.47 Å². The van der Waals surface area contributed by atoms with Crippen molar-refractivity contribution in [3.8, 4) is 17.6 Å². The summed E-state index contributed by atoms with van der Waals surface area (Å²) in [6, 6.07) is 6.24. The maximum atomic E-state index is 11.7. The van der Waals surface area contributed by atoms with Crippen LogP contribution in [0.25, 0.3) is 0 Å². The summed E-state index contributed by atoms with van der Waals surface area (Å²) in [5.41, 5.74) is 0.293. The lowest BCUT2D eigenvalue weighted by atomic mass is 10.2. The van der Waals surface area contributed by atoms with Crippen LogP contribution in [0.1, 0.15) is 5.56 Å². The van der Waals surface area contributed by atoms with E-state index in [0.717, 1.165) is 0 Å². The quantitative estimate of drug-likeness (QED) is 0.764. The van der Waals surface area contributed by atoms with E-state index in [1.54, 1.807) is 0 Å². The summed E-state index contributed by atoms with van der Waals surface area (Å²) in [5, 5.41) is 8.73. The van der Waals surface area contributed by atoms with Crippen LogP contribution in [0, 0.1) is 11.3 Å². The smallest absolute Gasteiger partial charge is 0.497 e. The molecule has 4 nitrogen and oxygen atoms in total. The summed E-state index contributed by atoms with van der Waals surface area (Å²) in [5.74, 6) is 0.637. The van der Waals surface area contributed by atoms with Crippen molar-refractivity contribution in [3.63, 3.8) is 0 Å². The predicted octanol–water partition coefficient (Wildman–Crippen LogP) is 2.48. The van der Waals surface area contributed by atoms with Gasteiger partial charge in [0.2, 0.25) is 0 Å². The first-order valence-electron chi connectivity index (χ1n) is 4.87. The van der Waals surface area contributed by atoms with Gasteiger partial charge in [-0.3, -0.25) is 4.74 Å². The van der Waals surface area contributed by atoms with Gasteiger partial charge in [-0.15, -0.1) is 13.2 Å². The van der Waals surface area contributed by atoms with Gasteiger partial charge >= 0.3 is 6.36 Å². The van der Waals surface area contributed by atoms with Gasteiger partial charge in [-0.2, -0.15) is 5.26 Å². The second kappa shape index (κ2) is 6.12. The topological polar surface area (TPSA) is 51.5 Å². The normalized spacial score (nSPS) is 10.8. The summed E-state index contributed by atoms with van der Waals surface area (Å²) < 4.78 is 48.5. The number of alkyl halides is 3. The maximum Gasteiger partial charge on any atom is 0.522 e. The lowest BCUT2D eigenvalue weighted by Crippen LogP contribution is -2.18. The highest BCUT2D eigenvalue weighted by Gasteiger charge is 2.28. The molecule has 0 saturated carbocycles. The van der Waals surface area contributed by atoms with Crippen LogP contribution in [0.15, 0.2) is 18.2 Å². The Labute approximate surface area is 101 Å². The van der Waals surface area contributed by atoms with Crippen molar-refractivity contribution in [2.24, 2.45) is 0 Å². The molecule has 0 spiro atoms. The van der Waals surface area contributed by atoms with Crippen LogP contribution in [-0.4, -0.2) is 26.7 Å². The lowest BCUT2D eigenvalue weighted by Gasteiger charge is -2.10. The average Bonchev–Trinajstić information content (AvgIpc) is 2.33. The lowest BCUT2D eigenvalue weighted by molar-refractivity contribution is -0.325. The molecule has 0 unspecified atom stereocenters. The van der Waals surface area contributed by atoms with E-state index in [1.165, 1.54) is 25.3 Å². The van der Waals surface area contributed by atoms with E-state index in [0.29, 0.717) is 11.3 Å². The fraction of sp³-hybridized carbons (Fsp3) is 0.364. The SMILES string of the molecule is COc1cc(C#N)cc(OCCOC(F)(F)F)c1. The number of hydrogen-bond acceptors (Lipinski definition) is 4. The van der Waals surface area contributed by atoms with Gasteiger partial charge in [0.15, 0.2) is 0 Å². The van der Waals surface area contributed by atoms with Crippen LogP contribution >= 0.6 is 0 Å². The molecule has 0 bridgehead atoms. The number of methoxy groups -OCH3 is 1. The van der Waals surface area contributed by atoms with Crippen LogP contribution in [0.2, 0.25) is 0 Å². The average molecular weight is 261 g/mol. The van der Waals surface area contributed by atoms with Gasteiger partial charge in [0.25, 0.3) is 0 Å². The Morgan fingerprint density at radius 3 is 2.39 bits per heavy atom. The Bertz CT molecular complexity index is 440. The first-order valence-corrected chi connectivity index (χ1v) is 4.87. The Morgan fingerprint density at radius 1 is 1.17 bits per heavy atom. The van der Waals surface area contributed by atoms with Crippen molar-refractivity contribution in [1.29, 1.82) is 5.26 Å². The summed E-state index contributed by atoms with van der Waals surface area (Å²) in [4.78, 5) is 0. The molecule has 7 heteroatoms. The minimum Gasteiger partial charge on any atom is -0.497 e.